The summed E-state index contributed by atoms with van der Waals surface area (Å²) in [6, 6.07) is 15.0. The van der Waals surface area contributed by atoms with E-state index in [0.717, 1.165) is 12.8 Å². The zero-order valence-electron chi connectivity index (χ0n) is 19.4. The Kier molecular flexibility index (Phi) is 5.21. The van der Waals surface area contributed by atoms with Crippen LogP contribution in [0.3, 0.4) is 0 Å². The highest BCUT2D eigenvalue weighted by Gasteiger charge is 2.31. The first-order chi connectivity index (χ1) is 17.5. The number of halogens is 1. The zero-order valence-corrected chi connectivity index (χ0v) is 19.4. The fourth-order valence-corrected chi connectivity index (χ4v) is 4.33. The summed E-state index contributed by atoms with van der Waals surface area (Å²) < 4.78 is 22.1. The minimum Gasteiger partial charge on any atom is -0.420 e. The van der Waals surface area contributed by atoms with Crippen LogP contribution in [-0.2, 0) is 0 Å². The molecule has 180 valence electrons. The molecular weight excluding hydrogens is 461 g/mol. The number of nitrogens with one attached hydrogen (secondary N) is 1. The second-order valence-electron chi connectivity index (χ2n) is 8.82. The van der Waals surface area contributed by atoms with E-state index >= 15 is 0 Å². The SMILES string of the molecule is C[C@H](Nc1ncnc(N)c1-c1nnc(C2CC2)o1)c1cc2cccc(F)c2c(=O)n1-c1ccccc1. The molecule has 3 N–H and O–H groups in total. The molecule has 2 aromatic carbocycles. The van der Waals surface area contributed by atoms with E-state index in [-0.39, 0.29) is 23.0 Å². The fourth-order valence-electron chi connectivity index (χ4n) is 4.33. The van der Waals surface area contributed by atoms with E-state index in [4.69, 9.17) is 10.2 Å². The maximum Gasteiger partial charge on any atom is 0.266 e. The van der Waals surface area contributed by atoms with Gasteiger partial charge in [0, 0.05) is 17.3 Å². The Morgan fingerprint density at radius 1 is 1.11 bits per heavy atom. The van der Waals surface area contributed by atoms with Crippen molar-refractivity contribution in [2.75, 3.05) is 11.1 Å². The number of hydrogen-bond acceptors (Lipinski definition) is 8. The Balaban J connectivity index is 1.47. The van der Waals surface area contributed by atoms with Gasteiger partial charge in [0.25, 0.3) is 11.4 Å². The van der Waals surface area contributed by atoms with Crippen LogP contribution in [0.5, 0.6) is 0 Å². The van der Waals surface area contributed by atoms with Crippen LogP contribution in [-0.4, -0.2) is 24.7 Å². The molecule has 1 fully saturated rings. The molecule has 9 nitrogen and oxygen atoms in total. The van der Waals surface area contributed by atoms with Crippen molar-refractivity contribution < 1.29 is 8.81 Å². The third-order valence-corrected chi connectivity index (χ3v) is 6.29. The van der Waals surface area contributed by atoms with Gasteiger partial charge in [-0.2, -0.15) is 0 Å². The third-order valence-electron chi connectivity index (χ3n) is 6.29. The van der Waals surface area contributed by atoms with Gasteiger partial charge in [-0.3, -0.25) is 9.36 Å². The zero-order chi connectivity index (χ0) is 24.8. The van der Waals surface area contributed by atoms with Crippen molar-refractivity contribution in [1.29, 1.82) is 0 Å². The number of nitrogens with two attached hydrogens (primary N) is 1. The molecule has 0 spiro atoms. The van der Waals surface area contributed by atoms with Crippen molar-refractivity contribution in [1.82, 2.24) is 24.7 Å². The van der Waals surface area contributed by atoms with E-state index in [9.17, 15) is 9.18 Å². The topological polar surface area (TPSA) is 125 Å². The molecule has 6 rings (SSSR count). The summed E-state index contributed by atoms with van der Waals surface area (Å²) in [6.07, 6.45) is 3.38. The molecule has 5 aromatic rings. The van der Waals surface area contributed by atoms with Crippen molar-refractivity contribution >= 4 is 22.4 Å². The molecule has 1 atom stereocenters. The summed E-state index contributed by atoms with van der Waals surface area (Å²) in [7, 11) is 0. The van der Waals surface area contributed by atoms with Gasteiger partial charge >= 0.3 is 0 Å². The number of benzene rings is 2. The minimum absolute atomic E-state index is 0.0303. The summed E-state index contributed by atoms with van der Waals surface area (Å²) in [4.78, 5) is 22.0. The molecule has 0 bridgehead atoms. The monoisotopic (exact) mass is 483 g/mol. The standard InChI is InChI=1S/C26H22FN7O2/c1-14(31-23-21(22(28)29-13-30-23)25-33-32-24(36-25)15-10-11-15)19-12-16-6-5-9-18(27)20(16)26(35)34(19)17-7-3-2-4-8-17/h2-9,12-15H,10-11H2,1H3,(H3,28,29,30,31)/t14-/m0/s1. The minimum atomic E-state index is -0.567. The number of fused-ring (bicyclic) bond motifs is 1. The summed E-state index contributed by atoms with van der Waals surface area (Å²) in [5.74, 6) is 1.08. The Morgan fingerprint density at radius 3 is 2.69 bits per heavy atom. The Hall–Kier alpha value is -4.60. The maximum atomic E-state index is 14.7. The summed E-state index contributed by atoms with van der Waals surface area (Å²) in [6.45, 7) is 1.88. The van der Waals surface area contributed by atoms with Crippen LogP contribution < -0.4 is 16.6 Å². The van der Waals surface area contributed by atoms with Gasteiger partial charge in [0.1, 0.15) is 29.3 Å². The lowest BCUT2D eigenvalue weighted by molar-refractivity contribution is 0.508. The van der Waals surface area contributed by atoms with Crippen LogP contribution >= 0.6 is 0 Å². The van der Waals surface area contributed by atoms with Crippen molar-refractivity contribution in [2.45, 2.75) is 31.7 Å². The van der Waals surface area contributed by atoms with Crippen LogP contribution in [0.2, 0.25) is 0 Å². The Bertz CT molecular complexity index is 1640. The van der Waals surface area contributed by atoms with Crippen molar-refractivity contribution in [2.24, 2.45) is 0 Å². The lowest BCUT2D eigenvalue weighted by atomic mass is 10.1. The fraction of sp³-hybridized carbons (Fsp3) is 0.192. The number of nitrogen functional groups attached to an aromatic ring is 1. The molecule has 3 aromatic heterocycles. The van der Waals surface area contributed by atoms with Crippen molar-refractivity contribution in [3.63, 3.8) is 0 Å². The molecule has 10 heteroatoms. The number of nitrogens with zero attached hydrogens (tertiary/aromatic N) is 5. The number of para-hydroxylation sites is 1. The van der Waals surface area contributed by atoms with E-state index in [1.54, 1.807) is 30.3 Å². The van der Waals surface area contributed by atoms with Gasteiger partial charge in [-0.05, 0) is 49.4 Å². The summed E-state index contributed by atoms with van der Waals surface area (Å²) in [5, 5.41) is 12.2. The van der Waals surface area contributed by atoms with E-state index in [2.05, 4.69) is 25.5 Å². The second kappa shape index (κ2) is 8.56. The maximum absolute atomic E-state index is 14.7. The number of anilines is 2. The van der Waals surface area contributed by atoms with Gasteiger partial charge in [0.15, 0.2) is 0 Å². The molecule has 0 aliphatic heterocycles. The Labute approximate surface area is 204 Å². The molecular formula is C26H22FN7O2. The number of pyridine rings is 1. The van der Waals surface area contributed by atoms with Gasteiger partial charge in [-0.1, -0.05) is 30.3 Å². The van der Waals surface area contributed by atoms with E-state index < -0.39 is 17.4 Å². The van der Waals surface area contributed by atoms with Crippen LogP contribution in [0.1, 0.15) is 43.3 Å². The van der Waals surface area contributed by atoms with Crippen LogP contribution in [0.15, 0.2) is 70.1 Å². The van der Waals surface area contributed by atoms with Crippen molar-refractivity contribution in [3.8, 4) is 17.1 Å². The van der Waals surface area contributed by atoms with Crippen molar-refractivity contribution in [3.05, 3.63) is 88.7 Å². The third kappa shape index (κ3) is 3.76. The first-order valence-electron chi connectivity index (χ1n) is 11.6. The predicted octanol–water partition coefficient (Wildman–Crippen LogP) is 4.60. The molecule has 0 unspecified atom stereocenters. The van der Waals surface area contributed by atoms with Gasteiger partial charge in [-0.25, -0.2) is 14.4 Å². The molecule has 1 aliphatic rings. The normalized spacial score (nSPS) is 14.2. The first-order valence-corrected chi connectivity index (χ1v) is 11.6. The summed E-state index contributed by atoms with van der Waals surface area (Å²) in [5.41, 5.74) is 7.36. The number of rotatable bonds is 6. The molecule has 36 heavy (non-hydrogen) atoms. The number of hydrogen-bond donors (Lipinski definition) is 2. The summed E-state index contributed by atoms with van der Waals surface area (Å²) >= 11 is 0. The number of aromatic nitrogens is 5. The van der Waals surface area contributed by atoms with Gasteiger partial charge in [-0.15, -0.1) is 10.2 Å². The second-order valence-corrected chi connectivity index (χ2v) is 8.82. The Morgan fingerprint density at radius 2 is 1.92 bits per heavy atom. The average Bonchev–Trinajstić information content (AvgIpc) is 3.62. The molecule has 0 saturated heterocycles. The largest absolute Gasteiger partial charge is 0.420 e. The molecule has 0 amide bonds. The van der Waals surface area contributed by atoms with Crippen LogP contribution in [0.4, 0.5) is 16.0 Å². The predicted molar refractivity (Wildman–Crippen MR) is 133 cm³/mol. The molecule has 1 aliphatic carbocycles. The first kappa shape index (κ1) is 21.9. The van der Waals surface area contributed by atoms with Crippen LogP contribution in [0, 0.1) is 5.82 Å². The molecule has 3 heterocycles. The van der Waals surface area contributed by atoms with Crippen LogP contribution in [0.25, 0.3) is 27.9 Å². The molecule has 0 radical (unpaired) electrons. The average molecular weight is 484 g/mol. The highest BCUT2D eigenvalue weighted by Crippen LogP contribution is 2.41. The molecule has 1 saturated carbocycles. The van der Waals surface area contributed by atoms with Gasteiger partial charge in [0.2, 0.25) is 5.89 Å². The van der Waals surface area contributed by atoms with E-state index in [0.29, 0.717) is 34.0 Å². The van der Waals surface area contributed by atoms with Gasteiger partial charge < -0.3 is 15.5 Å². The quantitative estimate of drug-likeness (QED) is 0.359. The van der Waals surface area contributed by atoms with Gasteiger partial charge in [0.05, 0.1) is 11.4 Å². The van der Waals surface area contributed by atoms with E-state index in [1.165, 1.54) is 17.0 Å². The smallest absolute Gasteiger partial charge is 0.266 e. The highest BCUT2D eigenvalue weighted by molar-refractivity contribution is 5.83. The lowest BCUT2D eigenvalue weighted by Crippen LogP contribution is -2.26. The van der Waals surface area contributed by atoms with E-state index in [1.807, 2.05) is 25.1 Å². The highest BCUT2D eigenvalue weighted by atomic mass is 19.1. The lowest BCUT2D eigenvalue weighted by Gasteiger charge is -2.22.